The third-order valence-corrected chi connectivity index (χ3v) is 3.84. The Labute approximate surface area is 104 Å². The van der Waals surface area contributed by atoms with Crippen molar-refractivity contribution in [2.45, 2.75) is 57.6 Å². The van der Waals surface area contributed by atoms with E-state index in [0.29, 0.717) is 6.42 Å². The molecule has 0 aromatic carbocycles. The van der Waals surface area contributed by atoms with Gasteiger partial charge in [0.15, 0.2) is 0 Å². The van der Waals surface area contributed by atoms with E-state index in [1.165, 1.54) is 6.42 Å². The number of ether oxygens (including phenoxy) is 1. The Morgan fingerprint density at radius 2 is 1.76 bits per heavy atom. The predicted octanol–water partition coefficient (Wildman–Crippen LogP) is 2.13. The number of likely N-dealkylation sites (tertiary alicyclic amines) is 1. The summed E-state index contributed by atoms with van der Waals surface area (Å²) >= 11 is 0. The van der Waals surface area contributed by atoms with Crippen molar-refractivity contribution in [3.05, 3.63) is 0 Å². The number of hydrogen-bond donors (Lipinski definition) is 1. The van der Waals surface area contributed by atoms with Crippen LogP contribution in [0.3, 0.4) is 0 Å². The van der Waals surface area contributed by atoms with Crippen molar-refractivity contribution in [1.82, 2.24) is 4.90 Å². The van der Waals surface area contributed by atoms with Gasteiger partial charge in [0.1, 0.15) is 5.54 Å². The molecule has 0 amide bonds. The van der Waals surface area contributed by atoms with E-state index in [1.54, 1.807) is 7.11 Å². The molecule has 1 aliphatic rings. The molecule has 17 heavy (non-hydrogen) atoms. The molecule has 0 saturated carbocycles. The molecule has 1 rings (SSSR count). The van der Waals surface area contributed by atoms with Gasteiger partial charge in [-0.2, -0.15) is 0 Å². The predicted molar refractivity (Wildman–Crippen MR) is 67.2 cm³/mol. The van der Waals surface area contributed by atoms with Gasteiger partial charge >= 0.3 is 5.97 Å². The van der Waals surface area contributed by atoms with Gasteiger partial charge in [0.2, 0.25) is 0 Å². The molecule has 1 saturated heterocycles. The van der Waals surface area contributed by atoms with Crippen LogP contribution in [-0.2, 0) is 9.53 Å². The normalized spacial score (nSPS) is 22.1. The lowest BCUT2D eigenvalue weighted by Crippen LogP contribution is -2.57. The second kappa shape index (κ2) is 5.36. The number of piperidine rings is 1. The lowest BCUT2D eigenvalue weighted by Gasteiger charge is -2.43. The smallest absolute Gasteiger partial charge is 0.323 e. The van der Waals surface area contributed by atoms with Crippen molar-refractivity contribution in [3.63, 3.8) is 0 Å². The maximum Gasteiger partial charge on any atom is 0.323 e. The fourth-order valence-corrected chi connectivity index (χ4v) is 2.61. The Morgan fingerprint density at radius 1 is 1.24 bits per heavy atom. The number of carbonyl (C=O) groups is 1. The molecule has 4 heteroatoms. The quantitative estimate of drug-likeness (QED) is 0.803. The van der Waals surface area contributed by atoms with E-state index in [-0.39, 0.29) is 0 Å². The highest BCUT2D eigenvalue weighted by Crippen LogP contribution is 2.31. The first-order chi connectivity index (χ1) is 7.82. The Kier molecular flexibility index (Phi) is 4.55. The standard InChI is InChI=1S/C13H25NO3/c1-12(2,17-4)10-13(3,11(15)16)14-8-6-5-7-9-14/h5-10H2,1-4H3,(H,15,16). The van der Waals surface area contributed by atoms with Crippen LogP contribution in [0, 0.1) is 0 Å². The van der Waals surface area contributed by atoms with Crippen LogP contribution in [0.2, 0.25) is 0 Å². The zero-order valence-electron chi connectivity index (χ0n) is 11.5. The fraction of sp³-hybridized carbons (Fsp3) is 0.923. The summed E-state index contributed by atoms with van der Waals surface area (Å²) in [5, 5.41) is 9.55. The van der Waals surface area contributed by atoms with Crippen molar-refractivity contribution in [1.29, 1.82) is 0 Å². The van der Waals surface area contributed by atoms with Gasteiger partial charge in [0.05, 0.1) is 5.60 Å². The Morgan fingerprint density at radius 3 is 2.18 bits per heavy atom. The third-order valence-electron chi connectivity index (χ3n) is 3.84. The molecule has 0 spiro atoms. The van der Waals surface area contributed by atoms with Crippen LogP contribution in [0.4, 0.5) is 0 Å². The highest BCUT2D eigenvalue weighted by atomic mass is 16.5. The fourth-order valence-electron chi connectivity index (χ4n) is 2.61. The summed E-state index contributed by atoms with van der Waals surface area (Å²) < 4.78 is 5.38. The van der Waals surface area contributed by atoms with E-state index < -0.39 is 17.1 Å². The van der Waals surface area contributed by atoms with Crippen molar-refractivity contribution in [3.8, 4) is 0 Å². The van der Waals surface area contributed by atoms with Gasteiger partial charge in [-0.1, -0.05) is 6.42 Å². The van der Waals surface area contributed by atoms with Gasteiger partial charge in [0.25, 0.3) is 0 Å². The average molecular weight is 243 g/mol. The van der Waals surface area contributed by atoms with Gasteiger partial charge in [-0.05, 0) is 46.7 Å². The van der Waals surface area contributed by atoms with E-state index in [1.807, 2.05) is 20.8 Å². The van der Waals surface area contributed by atoms with E-state index in [4.69, 9.17) is 4.74 Å². The van der Waals surface area contributed by atoms with Gasteiger partial charge in [-0.25, -0.2) is 0 Å². The zero-order valence-corrected chi connectivity index (χ0v) is 11.5. The molecule has 1 heterocycles. The molecule has 100 valence electrons. The van der Waals surface area contributed by atoms with Crippen molar-refractivity contribution < 1.29 is 14.6 Å². The molecule has 0 aromatic rings. The Balaban J connectivity index is 2.84. The second-order valence-corrected chi connectivity index (χ2v) is 5.77. The molecule has 1 fully saturated rings. The highest BCUT2D eigenvalue weighted by Gasteiger charge is 2.44. The molecular formula is C13H25NO3. The zero-order chi connectivity index (χ0) is 13.1. The number of hydrogen-bond acceptors (Lipinski definition) is 3. The number of rotatable bonds is 5. The molecular weight excluding hydrogens is 218 g/mol. The maximum atomic E-state index is 11.6. The molecule has 0 bridgehead atoms. The van der Waals surface area contributed by atoms with Crippen LogP contribution in [0.1, 0.15) is 46.5 Å². The SMILES string of the molecule is COC(C)(C)CC(C)(C(=O)O)N1CCCCC1. The second-order valence-electron chi connectivity index (χ2n) is 5.77. The number of carboxylic acids is 1. The van der Waals surface area contributed by atoms with E-state index >= 15 is 0 Å². The first kappa shape index (κ1) is 14.5. The summed E-state index contributed by atoms with van der Waals surface area (Å²) in [6.07, 6.45) is 3.90. The highest BCUT2D eigenvalue weighted by molar-refractivity contribution is 5.78. The molecule has 0 radical (unpaired) electrons. The molecule has 1 N–H and O–H groups in total. The summed E-state index contributed by atoms with van der Waals surface area (Å²) in [5.74, 6) is -0.746. The third kappa shape index (κ3) is 3.42. The van der Waals surface area contributed by atoms with Crippen LogP contribution in [0.25, 0.3) is 0 Å². The largest absolute Gasteiger partial charge is 0.480 e. The van der Waals surface area contributed by atoms with Gasteiger partial charge in [-0.15, -0.1) is 0 Å². The van der Waals surface area contributed by atoms with Gasteiger partial charge in [-0.3, -0.25) is 9.69 Å². The number of methoxy groups -OCH3 is 1. The van der Waals surface area contributed by atoms with Crippen molar-refractivity contribution in [2.24, 2.45) is 0 Å². The molecule has 1 aliphatic heterocycles. The molecule has 1 atom stereocenters. The monoisotopic (exact) mass is 243 g/mol. The Bertz CT molecular complexity index is 272. The minimum atomic E-state index is -0.820. The average Bonchev–Trinajstić information content (AvgIpc) is 2.29. The van der Waals surface area contributed by atoms with Crippen LogP contribution < -0.4 is 0 Å². The summed E-state index contributed by atoms with van der Waals surface area (Å²) in [6, 6.07) is 0. The lowest BCUT2D eigenvalue weighted by atomic mass is 9.85. The summed E-state index contributed by atoms with van der Waals surface area (Å²) in [7, 11) is 1.64. The van der Waals surface area contributed by atoms with Crippen molar-refractivity contribution in [2.75, 3.05) is 20.2 Å². The number of nitrogens with zero attached hydrogens (tertiary/aromatic N) is 1. The van der Waals surface area contributed by atoms with Crippen LogP contribution in [0.5, 0.6) is 0 Å². The summed E-state index contributed by atoms with van der Waals surface area (Å²) in [5.41, 5.74) is -1.23. The van der Waals surface area contributed by atoms with Crippen molar-refractivity contribution >= 4 is 5.97 Å². The first-order valence-electron chi connectivity index (χ1n) is 6.35. The minimum Gasteiger partial charge on any atom is -0.480 e. The number of carboxylic acid groups (broad SMARTS) is 1. The lowest BCUT2D eigenvalue weighted by molar-refractivity contribution is -0.156. The summed E-state index contributed by atoms with van der Waals surface area (Å²) in [6.45, 7) is 7.46. The van der Waals surface area contributed by atoms with E-state index in [0.717, 1.165) is 25.9 Å². The van der Waals surface area contributed by atoms with Crippen LogP contribution in [-0.4, -0.2) is 47.3 Å². The maximum absolute atomic E-state index is 11.6. The van der Waals surface area contributed by atoms with Crippen LogP contribution in [0.15, 0.2) is 0 Å². The summed E-state index contributed by atoms with van der Waals surface area (Å²) in [4.78, 5) is 13.7. The van der Waals surface area contributed by atoms with E-state index in [2.05, 4.69) is 4.90 Å². The van der Waals surface area contributed by atoms with E-state index in [9.17, 15) is 9.90 Å². The van der Waals surface area contributed by atoms with Gasteiger partial charge < -0.3 is 9.84 Å². The van der Waals surface area contributed by atoms with Gasteiger partial charge in [0, 0.05) is 13.5 Å². The first-order valence-corrected chi connectivity index (χ1v) is 6.35. The number of aliphatic carboxylic acids is 1. The molecule has 1 unspecified atom stereocenters. The topological polar surface area (TPSA) is 49.8 Å². The minimum absolute atomic E-state index is 0.412. The molecule has 0 aliphatic carbocycles. The van der Waals surface area contributed by atoms with Crippen LogP contribution >= 0.6 is 0 Å². The molecule has 4 nitrogen and oxygen atoms in total. The Hall–Kier alpha value is -0.610. The molecule has 0 aromatic heterocycles.